The number of rotatable bonds is 4. The van der Waals surface area contributed by atoms with Gasteiger partial charge in [-0.15, -0.1) is 22.7 Å². The van der Waals surface area contributed by atoms with E-state index in [9.17, 15) is 4.79 Å². The van der Waals surface area contributed by atoms with E-state index in [-0.39, 0.29) is 5.91 Å². The van der Waals surface area contributed by atoms with Crippen molar-refractivity contribution in [1.29, 1.82) is 0 Å². The second-order valence-corrected chi connectivity index (χ2v) is 4.87. The lowest BCUT2D eigenvalue weighted by atomic mass is 10.3. The Kier molecular flexibility index (Phi) is 3.47. The van der Waals surface area contributed by atoms with Gasteiger partial charge in [-0.25, -0.2) is 0 Å². The third kappa shape index (κ3) is 2.87. The van der Waals surface area contributed by atoms with Crippen molar-refractivity contribution in [2.24, 2.45) is 0 Å². The topological polar surface area (TPSA) is 42.0 Å². The molecule has 0 unspecified atom stereocenters. The van der Waals surface area contributed by atoms with Gasteiger partial charge in [0.2, 0.25) is 0 Å². The summed E-state index contributed by atoms with van der Waals surface area (Å²) in [7, 11) is 0. The predicted octanol–water partition coefficient (Wildman–Crippen LogP) is 2.18. The number of thiophene rings is 1. The van der Waals surface area contributed by atoms with E-state index in [2.05, 4.69) is 10.3 Å². The molecule has 0 spiro atoms. The van der Waals surface area contributed by atoms with Gasteiger partial charge in [-0.1, -0.05) is 6.07 Å². The van der Waals surface area contributed by atoms with Crippen LogP contribution in [0.25, 0.3) is 0 Å². The van der Waals surface area contributed by atoms with Crippen LogP contribution >= 0.6 is 22.7 Å². The Morgan fingerprint density at radius 1 is 1.47 bits per heavy atom. The molecular formula is C10H10N2OS2. The average Bonchev–Trinajstić information content (AvgIpc) is 2.90. The Morgan fingerprint density at radius 3 is 3.07 bits per heavy atom. The summed E-state index contributed by atoms with van der Waals surface area (Å²) in [5, 5.41) is 4.77. The molecule has 15 heavy (non-hydrogen) atoms. The summed E-state index contributed by atoms with van der Waals surface area (Å²) in [6.07, 6.45) is 2.68. The fourth-order valence-electron chi connectivity index (χ4n) is 1.16. The van der Waals surface area contributed by atoms with Gasteiger partial charge in [-0.05, 0) is 11.4 Å². The summed E-state index contributed by atoms with van der Waals surface area (Å²) < 4.78 is 0. The van der Waals surface area contributed by atoms with Gasteiger partial charge in [-0.3, -0.25) is 9.78 Å². The van der Waals surface area contributed by atoms with Gasteiger partial charge in [0.1, 0.15) is 0 Å². The quantitative estimate of drug-likeness (QED) is 0.887. The first-order valence-electron chi connectivity index (χ1n) is 4.55. The second-order valence-electron chi connectivity index (χ2n) is 2.95. The normalized spacial score (nSPS) is 10.1. The van der Waals surface area contributed by atoms with Crippen LogP contribution in [0.3, 0.4) is 0 Å². The summed E-state index contributed by atoms with van der Waals surface area (Å²) in [4.78, 5) is 17.5. The SMILES string of the molecule is O=C(NCCc1cncs1)c1cccs1. The molecule has 2 rings (SSSR count). The minimum absolute atomic E-state index is 0.00881. The van der Waals surface area contributed by atoms with E-state index in [1.165, 1.54) is 16.2 Å². The van der Waals surface area contributed by atoms with Crippen molar-refractivity contribution in [3.63, 3.8) is 0 Å². The van der Waals surface area contributed by atoms with Crippen molar-refractivity contribution < 1.29 is 4.79 Å². The Labute approximate surface area is 95.8 Å². The van der Waals surface area contributed by atoms with E-state index in [4.69, 9.17) is 0 Å². The van der Waals surface area contributed by atoms with Crippen LogP contribution in [0.2, 0.25) is 0 Å². The first-order valence-corrected chi connectivity index (χ1v) is 6.31. The molecule has 0 fully saturated rings. The van der Waals surface area contributed by atoms with E-state index in [0.717, 1.165) is 11.3 Å². The molecule has 2 aromatic rings. The third-order valence-corrected chi connectivity index (χ3v) is 3.59. The highest BCUT2D eigenvalue weighted by molar-refractivity contribution is 7.12. The van der Waals surface area contributed by atoms with Crippen LogP contribution in [0.1, 0.15) is 14.5 Å². The van der Waals surface area contributed by atoms with E-state index >= 15 is 0 Å². The number of hydrogen-bond acceptors (Lipinski definition) is 4. The van der Waals surface area contributed by atoms with Crippen LogP contribution < -0.4 is 5.32 Å². The zero-order chi connectivity index (χ0) is 10.5. The molecule has 0 saturated carbocycles. The molecule has 0 aliphatic rings. The number of carbonyl (C=O) groups excluding carboxylic acids is 1. The van der Waals surface area contributed by atoms with Crippen molar-refractivity contribution >= 4 is 28.6 Å². The minimum atomic E-state index is 0.00881. The van der Waals surface area contributed by atoms with Gasteiger partial charge in [0, 0.05) is 24.0 Å². The van der Waals surface area contributed by atoms with Gasteiger partial charge in [0.15, 0.2) is 0 Å². The summed E-state index contributed by atoms with van der Waals surface area (Å²) >= 11 is 3.07. The molecule has 0 aliphatic heterocycles. The van der Waals surface area contributed by atoms with Crippen LogP contribution in [-0.2, 0) is 6.42 Å². The van der Waals surface area contributed by atoms with Crippen molar-refractivity contribution in [2.45, 2.75) is 6.42 Å². The first-order chi connectivity index (χ1) is 7.36. The molecule has 0 aromatic carbocycles. The van der Waals surface area contributed by atoms with Crippen molar-refractivity contribution in [3.8, 4) is 0 Å². The third-order valence-electron chi connectivity index (χ3n) is 1.89. The van der Waals surface area contributed by atoms with Crippen LogP contribution in [0.4, 0.5) is 0 Å². The maximum absolute atomic E-state index is 11.5. The standard InChI is InChI=1S/C10H10N2OS2/c13-10(9-2-1-5-14-9)12-4-3-8-6-11-7-15-8/h1-2,5-7H,3-4H2,(H,12,13). The molecule has 2 aromatic heterocycles. The number of aromatic nitrogens is 1. The van der Waals surface area contributed by atoms with E-state index in [1.807, 2.05) is 23.7 Å². The first kappa shape index (κ1) is 10.3. The molecule has 0 atom stereocenters. The van der Waals surface area contributed by atoms with Crippen LogP contribution in [0.15, 0.2) is 29.2 Å². The van der Waals surface area contributed by atoms with E-state index < -0.39 is 0 Å². The van der Waals surface area contributed by atoms with Gasteiger partial charge < -0.3 is 5.32 Å². The Balaban J connectivity index is 1.77. The van der Waals surface area contributed by atoms with Crippen LogP contribution in [0.5, 0.6) is 0 Å². The summed E-state index contributed by atoms with van der Waals surface area (Å²) in [6, 6.07) is 3.70. The number of nitrogens with zero attached hydrogens (tertiary/aromatic N) is 1. The maximum atomic E-state index is 11.5. The Morgan fingerprint density at radius 2 is 2.40 bits per heavy atom. The molecule has 0 aliphatic carbocycles. The smallest absolute Gasteiger partial charge is 0.261 e. The summed E-state index contributed by atoms with van der Waals surface area (Å²) in [6.45, 7) is 0.666. The zero-order valence-corrected chi connectivity index (χ0v) is 9.61. The Bertz CT molecular complexity index is 409. The van der Waals surface area contributed by atoms with Gasteiger partial charge >= 0.3 is 0 Å². The molecule has 2 heterocycles. The highest BCUT2D eigenvalue weighted by Gasteiger charge is 2.04. The molecule has 0 bridgehead atoms. The highest BCUT2D eigenvalue weighted by Crippen LogP contribution is 2.08. The van der Waals surface area contributed by atoms with Crippen LogP contribution in [0, 0.1) is 0 Å². The monoisotopic (exact) mass is 238 g/mol. The molecule has 0 saturated heterocycles. The van der Waals surface area contributed by atoms with Gasteiger partial charge in [0.05, 0.1) is 10.4 Å². The lowest BCUT2D eigenvalue weighted by Gasteiger charge is -2.01. The molecule has 78 valence electrons. The molecule has 1 amide bonds. The summed E-state index contributed by atoms with van der Waals surface area (Å²) in [5.74, 6) is 0.00881. The molecular weight excluding hydrogens is 228 g/mol. The molecule has 1 N–H and O–H groups in total. The van der Waals surface area contributed by atoms with E-state index in [0.29, 0.717) is 6.54 Å². The fraction of sp³-hybridized carbons (Fsp3) is 0.200. The van der Waals surface area contributed by atoms with Crippen molar-refractivity contribution in [1.82, 2.24) is 10.3 Å². The average molecular weight is 238 g/mol. The number of amides is 1. The fourth-order valence-corrected chi connectivity index (χ4v) is 2.40. The zero-order valence-electron chi connectivity index (χ0n) is 7.97. The van der Waals surface area contributed by atoms with Crippen molar-refractivity contribution in [3.05, 3.63) is 39.0 Å². The summed E-state index contributed by atoms with van der Waals surface area (Å²) in [5.41, 5.74) is 1.80. The number of nitrogens with one attached hydrogen (secondary N) is 1. The largest absolute Gasteiger partial charge is 0.351 e. The maximum Gasteiger partial charge on any atom is 0.261 e. The van der Waals surface area contributed by atoms with E-state index in [1.54, 1.807) is 16.8 Å². The molecule has 5 heteroatoms. The predicted molar refractivity (Wildman–Crippen MR) is 62.5 cm³/mol. The van der Waals surface area contributed by atoms with Gasteiger partial charge in [0.25, 0.3) is 5.91 Å². The minimum Gasteiger partial charge on any atom is -0.351 e. The van der Waals surface area contributed by atoms with Crippen LogP contribution in [-0.4, -0.2) is 17.4 Å². The van der Waals surface area contributed by atoms with Gasteiger partial charge in [-0.2, -0.15) is 0 Å². The lowest BCUT2D eigenvalue weighted by Crippen LogP contribution is -2.24. The molecule has 0 radical (unpaired) electrons. The molecule has 3 nitrogen and oxygen atoms in total. The Hall–Kier alpha value is -1.20. The number of thiazole rings is 1. The van der Waals surface area contributed by atoms with Crippen molar-refractivity contribution in [2.75, 3.05) is 6.54 Å². The highest BCUT2D eigenvalue weighted by atomic mass is 32.1. The number of hydrogen-bond donors (Lipinski definition) is 1. The number of carbonyl (C=O) groups is 1. The second kappa shape index (κ2) is 5.04. The lowest BCUT2D eigenvalue weighted by molar-refractivity contribution is 0.0958.